The molecule has 0 amide bonds. The van der Waals surface area contributed by atoms with Gasteiger partial charge < -0.3 is 4.74 Å². The first-order chi connectivity index (χ1) is 11.3. The summed E-state index contributed by atoms with van der Waals surface area (Å²) in [7, 11) is -1.18. The minimum atomic E-state index is -3.21. The van der Waals surface area contributed by atoms with Gasteiger partial charge in [-0.2, -0.15) is 0 Å². The van der Waals surface area contributed by atoms with Crippen LogP contribution in [0.15, 0.2) is 24.3 Å². The molecule has 6 heteroatoms. The molecular formula is C18H30N2O3S. The third kappa shape index (κ3) is 5.19. The van der Waals surface area contributed by atoms with Gasteiger partial charge in [0.25, 0.3) is 0 Å². The van der Waals surface area contributed by atoms with Crippen LogP contribution in [-0.2, 0) is 10.0 Å². The first-order valence-electron chi connectivity index (χ1n) is 8.75. The number of likely N-dealkylation sites (tertiary alicyclic amines) is 1. The molecule has 1 aromatic rings. The van der Waals surface area contributed by atoms with Crippen molar-refractivity contribution in [2.24, 2.45) is 0 Å². The van der Waals surface area contributed by atoms with Crippen molar-refractivity contribution in [1.82, 2.24) is 9.62 Å². The number of nitrogens with zero attached hydrogens (tertiary/aromatic N) is 1. The molecule has 0 aromatic heterocycles. The summed E-state index contributed by atoms with van der Waals surface area (Å²) in [4.78, 5) is 2.19. The highest BCUT2D eigenvalue weighted by Crippen LogP contribution is 2.21. The highest BCUT2D eigenvalue weighted by atomic mass is 32.2. The lowest BCUT2D eigenvalue weighted by Crippen LogP contribution is -2.56. The van der Waals surface area contributed by atoms with Crippen molar-refractivity contribution in [3.05, 3.63) is 29.8 Å². The van der Waals surface area contributed by atoms with Crippen LogP contribution in [0.25, 0.3) is 0 Å². The fraction of sp³-hybridized carbons (Fsp3) is 0.667. The van der Waals surface area contributed by atoms with E-state index in [1.54, 1.807) is 6.92 Å². The minimum Gasteiger partial charge on any atom is -0.492 e. The summed E-state index contributed by atoms with van der Waals surface area (Å²) in [6, 6.07) is 8.10. The van der Waals surface area contributed by atoms with Crippen LogP contribution >= 0.6 is 0 Å². The van der Waals surface area contributed by atoms with E-state index in [0.29, 0.717) is 12.5 Å². The molecule has 1 aliphatic rings. The number of nitrogens with one attached hydrogen (secondary N) is 1. The molecule has 2 rings (SSSR count). The molecule has 5 nitrogen and oxygen atoms in total. The zero-order valence-electron chi connectivity index (χ0n) is 15.2. The molecule has 0 unspecified atom stereocenters. The van der Waals surface area contributed by atoms with E-state index in [0.717, 1.165) is 25.1 Å². The minimum absolute atomic E-state index is 0.0462. The largest absolute Gasteiger partial charge is 0.492 e. The Bertz CT molecular complexity index is 614. The molecule has 2 atom stereocenters. The van der Waals surface area contributed by atoms with Crippen LogP contribution in [0.5, 0.6) is 5.75 Å². The predicted molar refractivity (Wildman–Crippen MR) is 98.1 cm³/mol. The molecule has 0 spiro atoms. The maximum Gasteiger partial charge on any atom is 0.211 e. The van der Waals surface area contributed by atoms with Gasteiger partial charge in [-0.05, 0) is 57.0 Å². The first-order valence-corrected chi connectivity index (χ1v) is 10.4. The average Bonchev–Trinajstić information content (AvgIpc) is 2.54. The Labute approximate surface area is 146 Å². The molecule has 24 heavy (non-hydrogen) atoms. The van der Waals surface area contributed by atoms with Gasteiger partial charge in [0, 0.05) is 6.04 Å². The Hall–Kier alpha value is -1.11. The summed E-state index contributed by atoms with van der Waals surface area (Å²) in [5, 5.41) is 0. The van der Waals surface area contributed by atoms with Gasteiger partial charge in [-0.15, -0.1) is 0 Å². The summed E-state index contributed by atoms with van der Waals surface area (Å²) in [5.74, 6) is 1.43. The van der Waals surface area contributed by atoms with E-state index in [9.17, 15) is 8.42 Å². The third-order valence-electron chi connectivity index (χ3n) is 4.74. The third-order valence-corrected chi connectivity index (χ3v) is 6.16. The molecule has 0 aliphatic carbocycles. The summed E-state index contributed by atoms with van der Waals surface area (Å²) >= 11 is 0. The van der Waals surface area contributed by atoms with Crippen LogP contribution in [0.4, 0.5) is 0 Å². The number of benzene rings is 1. The number of hydrogen-bond acceptors (Lipinski definition) is 4. The van der Waals surface area contributed by atoms with Crippen molar-refractivity contribution < 1.29 is 13.2 Å². The molecule has 1 saturated heterocycles. The number of hydrogen-bond donors (Lipinski definition) is 1. The Balaban J connectivity index is 2.01. The number of ether oxygens (including phenoxy) is 1. The highest BCUT2D eigenvalue weighted by molar-refractivity contribution is 7.89. The SMILES string of the molecule is CCS(=O)(=O)N[C@@H]1CCCN(C)[C@@H]1COc1ccc(C(C)C)cc1. The second kappa shape index (κ2) is 8.32. The summed E-state index contributed by atoms with van der Waals surface area (Å²) in [6.07, 6.45) is 1.84. The van der Waals surface area contributed by atoms with Gasteiger partial charge in [0.15, 0.2) is 0 Å². The monoisotopic (exact) mass is 354 g/mol. The molecule has 1 heterocycles. The number of rotatable bonds is 7. The van der Waals surface area contributed by atoms with E-state index in [-0.39, 0.29) is 17.8 Å². The quantitative estimate of drug-likeness (QED) is 0.818. The van der Waals surface area contributed by atoms with Crippen molar-refractivity contribution >= 4 is 10.0 Å². The van der Waals surface area contributed by atoms with Gasteiger partial charge in [-0.3, -0.25) is 4.90 Å². The number of sulfonamides is 1. The fourth-order valence-electron chi connectivity index (χ4n) is 3.05. The smallest absolute Gasteiger partial charge is 0.211 e. The Morgan fingerprint density at radius 1 is 1.29 bits per heavy atom. The van der Waals surface area contributed by atoms with E-state index in [1.165, 1.54) is 5.56 Å². The molecular weight excluding hydrogens is 324 g/mol. The Morgan fingerprint density at radius 2 is 1.96 bits per heavy atom. The second-order valence-corrected chi connectivity index (χ2v) is 8.90. The number of likely N-dealkylation sites (N-methyl/N-ethyl adjacent to an activating group) is 1. The molecule has 1 fully saturated rings. The van der Waals surface area contributed by atoms with Crippen molar-refractivity contribution in [3.63, 3.8) is 0 Å². The topological polar surface area (TPSA) is 58.6 Å². The summed E-state index contributed by atoms with van der Waals surface area (Å²) < 4.78 is 32.6. The van der Waals surface area contributed by atoms with Crippen LogP contribution in [0.3, 0.4) is 0 Å². The molecule has 0 saturated carbocycles. The van der Waals surface area contributed by atoms with Gasteiger partial charge in [0.2, 0.25) is 10.0 Å². The van der Waals surface area contributed by atoms with Crippen molar-refractivity contribution in [2.75, 3.05) is 26.0 Å². The lowest BCUT2D eigenvalue weighted by molar-refractivity contribution is 0.102. The normalized spacial score (nSPS) is 22.7. The maximum absolute atomic E-state index is 11.9. The first kappa shape index (κ1) is 19.2. The second-order valence-electron chi connectivity index (χ2n) is 6.85. The number of piperidine rings is 1. The van der Waals surface area contributed by atoms with Gasteiger partial charge in [0.05, 0.1) is 11.8 Å². The molecule has 0 bridgehead atoms. The van der Waals surface area contributed by atoms with E-state index in [1.807, 2.05) is 19.2 Å². The van der Waals surface area contributed by atoms with Crippen LogP contribution < -0.4 is 9.46 Å². The van der Waals surface area contributed by atoms with Crippen molar-refractivity contribution in [1.29, 1.82) is 0 Å². The zero-order chi connectivity index (χ0) is 17.7. The van der Waals surface area contributed by atoms with Crippen LogP contribution in [0.1, 0.15) is 45.1 Å². The van der Waals surface area contributed by atoms with E-state index < -0.39 is 10.0 Å². The van der Waals surface area contributed by atoms with E-state index >= 15 is 0 Å². The highest BCUT2D eigenvalue weighted by Gasteiger charge is 2.32. The van der Waals surface area contributed by atoms with Crippen LogP contribution in [0.2, 0.25) is 0 Å². The van der Waals surface area contributed by atoms with Gasteiger partial charge >= 0.3 is 0 Å². The van der Waals surface area contributed by atoms with Gasteiger partial charge in [-0.25, -0.2) is 13.1 Å². The standard InChI is InChI=1S/C18H30N2O3S/c1-5-24(21,22)19-17-7-6-12-20(4)18(17)13-23-16-10-8-15(9-11-16)14(2)3/h8-11,14,17-19H,5-7,12-13H2,1-4H3/t17-,18-/m1/s1. The lowest BCUT2D eigenvalue weighted by Gasteiger charge is -2.39. The molecule has 136 valence electrons. The van der Waals surface area contributed by atoms with E-state index in [4.69, 9.17) is 4.74 Å². The lowest BCUT2D eigenvalue weighted by atomic mass is 9.98. The van der Waals surface area contributed by atoms with Crippen molar-refractivity contribution in [2.45, 2.75) is 51.6 Å². The van der Waals surface area contributed by atoms with Crippen LogP contribution in [0, 0.1) is 0 Å². The molecule has 1 aliphatic heterocycles. The Kier molecular flexibility index (Phi) is 6.66. The maximum atomic E-state index is 11.9. The Morgan fingerprint density at radius 3 is 2.54 bits per heavy atom. The zero-order valence-corrected chi connectivity index (χ0v) is 16.0. The predicted octanol–water partition coefficient (Wildman–Crippen LogP) is 2.59. The van der Waals surface area contributed by atoms with Crippen LogP contribution in [-0.4, -0.2) is 51.4 Å². The van der Waals surface area contributed by atoms with Gasteiger partial charge in [-0.1, -0.05) is 26.0 Å². The fourth-order valence-corrected chi connectivity index (χ4v) is 3.95. The molecule has 1 aromatic carbocycles. The average molecular weight is 355 g/mol. The molecule has 0 radical (unpaired) electrons. The summed E-state index contributed by atoms with van der Waals surface area (Å²) in [5.41, 5.74) is 1.28. The summed E-state index contributed by atoms with van der Waals surface area (Å²) in [6.45, 7) is 7.43. The molecule has 1 N–H and O–H groups in total. The van der Waals surface area contributed by atoms with Crippen molar-refractivity contribution in [3.8, 4) is 5.75 Å². The van der Waals surface area contributed by atoms with E-state index in [2.05, 4.69) is 35.6 Å². The van der Waals surface area contributed by atoms with Gasteiger partial charge in [0.1, 0.15) is 12.4 Å².